The molecular formula is C88H111N5O10. The standard InChI is InChI=1S/C19H25NO3.2C18H23NO2.C17H21NO2.C16H19NO/c1-13-10-15(11-17(22-3)19(13)23-4)12-20-14(2)18(21)16-8-6-5-7-9-16;1-13-9-15(11-17(10-13)21-3)12-19-14(2)18(20)16-7-5-4-6-8-16;1-13-9-10-17(21-3)16(11-13)12-19-14(2)18(20)15-7-5-4-6-8-15;1-13(17(19)15-8-4-3-5-9-15)18-12-14-7-6-10-16(11-14)20-2;1-13(16(18)15-10-6-3-7-11-15)17-12-14-8-4-2-5-9-14/h5-11,14,18,20-21H,12H2,1-4H3;2*4-11,14,18-20H,12H2,1-3H3;3-11,13,17-19H,12H2,1-2H3;2-11,13,16-18H,12H2,1H3/t;;;;13-,16-/m....0/s1. The van der Waals surface area contributed by atoms with Crippen LogP contribution in [0.15, 0.2) is 255 Å². The first-order valence-electron chi connectivity index (χ1n) is 35.2. The summed E-state index contributed by atoms with van der Waals surface area (Å²) >= 11 is 0. The van der Waals surface area contributed by atoms with Gasteiger partial charge in [-0.15, -0.1) is 0 Å². The van der Waals surface area contributed by atoms with Gasteiger partial charge in [-0.1, -0.05) is 224 Å². The topological polar surface area (TPSA) is 207 Å². The zero-order valence-corrected chi connectivity index (χ0v) is 62.3. The van der Waals surface area contributed by atoms with E-state index in [9.17, 15) is 25.5 Å². The number of rotatable bonds is 30. The van der Waals surface area contributed by atoms with Crippen LogP contribution >= 0.6 is 0 Å². The molecule has 10 N–H and O–H groups in total. The quantitative estimate of drug-likeness (QED) is 0.0203. The van der Waals surface area contributed by atoms with Crippen LogP contribution < -0.4 is 50.3 Å². The van der Waals surface area contributed by atoms with E-state index in [-0.39, 0.29) is 30.2 Å². The Morgan fingerprint density at radius 2 is 0.612 bits per heavy atom. The second-order valence-electron chi connectivity index (χ2n) is 25.8. The van der Waals surface area contributed by atoms with Crippen LogP contribution in [0.5, 0.6) is 28.7 Å². The number of ether oxygens (including phenoxy) is 5. The van der Waals surface area contributed by atoms with Crippen molar-refractivity contribution >= 4 is 0 Å². The van der Waals surface area contributed by atoms with Crippen LogP contribution in [0.3, 0.4) is 0 Å². The Labute approximate surface area is 612 Å². The van der Waals surface area contributed by atoms with Gasteiger partial charge in [-0.3, -0.25) is 0 Å². The number of aryl methyl sites for hydroxylation is 3. The molecule has 15 heteroatoms. The Bertz CT molecular complexity index is 3940. The van der Waals surface area contributed by atoms with E-state index < -0.39 is 30.5 Å². The lowest BCUT2D eigenvalue weighted by atomic mass is 10.0. The molecule has 0 bridgehead atoms. The van der Waals surface area contributed by atoms with Gasteiger partial charge in [0.2, 0.25) is 0 Å². The zero-order chi connectivity index (χ0) is 74.5. The van der Waals surface area contributed by atoms with Crippen LogP contribution in [0.4, 0.5) is 0 Å². The van der Waals surface area contributed by atoms with E-state index in [0.717, 1.165) is 90.9 Å². The molecule has 0 fully saturated rings. The van der Waals surface area contributed by atoms with Gasteiger partial charge in [-0.05, 0) is 153 Å². The first-order chi connectivity index (χ1) is 49.7. The first kappa shape index (κ1) is 82.8. The highest BCUT2D eigenvalue weighted by Gasteiger charge is 2.21. The van der Waals surface area contributed by atoms with Crippen LogP contribution in [-0.4, -0.2) is 91.3 Å². The fourth-order valence-corrected chi connectivity index (χ4v) is 11.4. The van der Waals surface area contributed by atoms with Crippen molar-refractivity contribution in [3.63, 3.8) is 0 Å². The molecule has 10 rings (SSSR count). The van der Waals surface area contributed by atoms with E-state index >= 15 is 0 Å². The summed E-state index contributed by atoms with van der Waals surface area (Å²) in [5.41, 5.74) is 13.7. The summed E-state index contributed by atoms with van der Waals surface area (Å²) in [7, 11) is 8.29. The van der Waals surface area contributed by atoms with Crippen molar-refractivity contribution in [2.24, 2.45) is 0 Å². The van der Waals surface area contributed by atoms with E-state index in [1.807, 2.05) is 273 Å². The van der Waals surface area contributed by atoms with Crippen LogP contribution in [0, 0.1) is 20.8 Å². The van der Waals surface area contributed by atoms with E-state index in [2.05, 4.69) is 63.8 Å². The number of hydrogen-bond donors (Lipinski definition) is 10. The molecule has 10 aromatic rings. The second kappa shape index (κ2) is 45.0. The lowest BCUT2D eigenvalue weighted by molar-refractivity contribution is 0.135. The van der Waals surface area contributed by atoms with Gasteiger partial charge in [0, 0.05) is 68.5 Å². The normalized spacial score (nSPS) is 13.7. The van der Waals surface area contributed by atoms with Crippen molar-refractivity contribution in [1.82, 2.24) is 26.6 Å². The van der Waals surface area contributed by atoms with Crippen molar-refractivity contribution in [3.8, 4) is 28.7 Å². The van der Waals surface area contributed by atoms with Gasteiger partial charge in [-0.2, -0.15) is 0 Å². The molecule has 0 aliphatic carbocycles. The van der Waals surface area contributed by atoms with Gasteiger partial charge in [0.05, 0.1) is 66.1 Å². The summed E-state index contributed by atoms with van der Waals surface area (Å²) in [5.74, 6) is 4.06. The summed E-state index contributed by atoms with van der Waals surface area (Å²) in [4.78, 5) is 0. The minimum atomic E-state index is -0.544. The van der Waals surface area contributed by atoms with Gasteiger partial charge in [0.15, 0.2) is 11.5 Å². The van der Waals surface area contributed by atoms with Crippen molar-refractivity contribution in [3.05, 3.63) is 327 Å². The molecule has 548 valence electrons. The maximum absolute atomic E-state index is 10.4. The number of hydrogen-bond acceptors (Lipinski definition) is 15. The Morgan fingerprint density at radius 3 is 0.990 bits per heavy atom. The molecule has 0 saturated heterocycles. The molecule has 0 aliphatic heterocycles. The fraction of sp³-hybridized carbons (Fsp3) is 0.318. The molecule has 10 aromatic carbocycles. The predicted molar refractivity (Wildman–Crippen MR) is 418 cm³/mol. The van der Waals surface area contributed by atoms with E-state index in [0.29, 0.717) is 26.2 Å². The SMILES string of the molecule is COc1cc(C)cc(CNC(C)C(O)c2ccccc2)c1.COc1cc(CNC(C)C(O)c2ccccc2)cc(C)c1OC.COc1ccc(C)cc1CNC(C)C(O)c1ccccc1.COc1cccc(CNC(C)C(O)c2ccccc2)c1.C[C@H](NCc1ccccc1)[C@H](O)c1ccccc1. The van der Waals surface area contributed by atoms with Crippen molar-refractivity contribution in [2.45, 2.75) is 149 Å². The Hall–Kier alpha value is -9.20. The molecule has 0 spiro atoms. The van der Waals surface area contributed by atoms with Crippen LogP contribution in [0.25, 0.3) is 0 Å². The second-order valence-corrected chi connectivity index (χ2v) is 25.8. The minimum Gasteiger partial charge on any atom is -0.497 e. The predicted octanol–water partition coefficient (Wildman–Crippen LogP) is 15.5. The van der Waals surface area contributed by atoms with Gasteiger partial charge in [0.25, 0.3) is 0 Å². The molecule has 0 aromatic heterocycles. The average molecular weight is 1400 g/mol. The van der Waals surface area contributed by atoms with Crippen molar-refractivity contribution < 1.29 is 49.2 Å². The summed E-state index contributed by atoms with van der Waals surface area (Å²) in [6, 6.07) is 82.8. The molecule has 0 aliphatic rings. The Morgan fingerprint density at radius 1 is 0.272 bits per heavy atom. The number of methoxy groups -OCH3 is 5. The lowest BCUT2D eigenvalue weighted by Crippen LogP contribution is -2.31. The third kappa shape index (κ3) is 28.2. The number of nitrogens with one attached hydrogen (secondary N) is 5. The molecule has 0 heterocycles. The van der Waals surface area contributed by atoms with Crippen molar-refractivity contribution in [2.75, 3.05) is 35.5 Å². The number of aliphatic hydroxyl groups is 5. The molecule has 0 radical (unpaired) electrons. The van der Waals surface area contributed by atoms with E-state index in [1.54, 1.807) is 35.5 Å². The average Bonchev–Trinajstić information content (AvgIpc) is 0.850. The molecule has 0 amide bonds. The van der Waals surface area contributed by atoms with Gasteiger partial charge in [0.1, 0.15) is 17.2 Å². The third-order valence-corrected chi connectivity index (χ3v) is 17.7. The summed E-state index contributed by atoms with van der Waals surface area (Å²) in [6.07, 6.45) is -2.57. The Balaban J connectivity index is 0.000000203. The van der Waals surface area contributed by atoms with Crippen LogP contribution in [-0.2, 0) is 32.7 Å². The smallest absolute Gasteiger partial charge is 0.163 e. The minimum absolute atomic E-state index is 0.0209. The highest BCUT2D eigenvalue weighted by Crippen LogP contribution is 2.33. The summed E-state index contributed by atoms with van der Waals surface area (Å²) in [5, 5.41) is 68.4. The summed E-state index contributed by atoms with van der Waals surface area (Å²) in [6.45, 7) is 19.5. The summed E-state index contributed by atoms with van der Waals surface area (Å²) < 4.78 is 26.6. The largest absolute Gasteiger partial charge is 0.497 e. The maximum Gasteiger partial charge on any atom is 0.163 e. The highest BCUT2D eigenvalue weighted by molar-refractivity contribution is 5.49. The van der Waals surface area contributed by atoms with Crippen LogP contribution in [0.1, 0.15) is 137 Å². The van der Waals surface area contributed by atoms with Gasteiger partial charge < -0.3 is 75.8 Å². The molecule has 8 unspecified atom stereocenters. The monoisotopic (exact) mass is 1400 g/mol. The molecule has 10 atom stereocenters. The fourth-order valence-electron chi connectivity index (χ4n) is 11.4. The molecular weight excluding hydrogens is 1290 g/mol. The molecule has 15 nitrogen and oxygen atoms in total. The van der Waals surface area contributed by atoms with Gasteiger partial charge in [-0.25, -0.2) is 0 Å². The molecule has 103 heavy (non-hydrogen) atoms. The Kier molecular flexibility index (Phi) is 36.2. The number of benzene rings is 10. The van der Waals surface area contributed by atoms with Crippen LogP contribution in [0.2, 0.25) is 0 Å². The number of aliphatic hydroxyl groups excluding tert-OH is 5. The third-order valence-electron chi connectivity index (χ3n) is 17.7. The highest BCUT2D eigenvalue weighted by atomic mass is 16.5. The van der Waals surface area contributed by atoms with Gasteiger partial charge >= 0.3 is 0 Å². The zero-order valence-electron chi connectivity index (χ0n) is 62.3. The maximum atomic E-state index is 10.4. The molecule has 0 saturated carbocycles. The van der Waals surface area contributed by atoms with E-state index in [4.69, 9.17) is 23.7 Å². The van der Waals surface area contributed by atoms with E-state index in [1.165, 1.54) is 16.7 Å². The van der Waals surface area contributed by atoms with Crippen molar-refractivity contribution in [1.29, 1.82) is 0 Å². The first-order valence-corrected chi connectivity index (χ1v) is 35.2. The lowest BCUT2D eigenvalue weighted by Gasteiger charge is -2.21.